The monoisotopic (exact) mass is 214 g/mol. The standard InChI is InChI=1S/C12H14N4/c13-5-4-11-14-7-10-9-3-1-2-8(9)6-15-12(10)16-11/h6-7H,1-5,13H2. The van der Waals surface area contributed by atoms with E-state index in [1.807, 2.05) is 12.4 Å². The number of rotatable bonds is 2. The second kappa shape index (κ2) is 3.79. The van der Waals surface area contributed by atoms with Crippen molar-refractivity contribution in [2.24, 2.45) is 5.73 Å². The average molecular weight is 214 g/mol. The zero-order valence-electron chi connectivity index (χ0n) is 9.11. The van der Waals surface area contributed by atoms with E-state index in [1.54, 1.807) is 0 Å². The van der Waals surface area contributed by atoms with Crippen molar-refractivity contribution >= 4 is 11.0 Å². The van der Waals surface area contributed by atoms with Gasteiger partial charge < -0.3 is 5.73 Å². The van der Waals surface area contributed by atoms with Gasteiger partial charge in [-0.25, -0.2) is 15.0 Å². The highest BCUT2D eigenvalue weighted by Gasteiger charge is 2.15. The third kappa shape index (κ3) is 1.46. The van der Waals surface area contributed by atoms with Crippen LogP contribution >= 0.6 is 0 Å². The van der Waals surface area contributed by atoms with Gasteiger partial charge >= 0.3 is 0 Å². The van der Waals surface area contributed by atoms with Crippen molar-refractivity contribution in [3.05, 3.63) is 29.3 Å². The Hall–Kier alpha value is -1.55. The molecule has 0 spiro atoms. The van der Waals surface area contributed by atoms with E-state index in [-0.39, 0.29) is 0 Å². The summed E-state index contributed by atoms with van der Waals surface area (Å²) in [4.78, 5) is 13.2. The van der Waals surface area contributed by atoms with Crippen LogP contribution in [0.4, 0.5) is 0 Å². The fourth-order valence-electron chi connectivity index (χ4n) is 2.33. The van der Waals surface area contributed by atoms with Crippen LogP contribution in [0.1, 0.15) is 23.4 Å². The van der Waals surface area contributed by atoms with E-state index in [0.717, 1.165) is 29.7 Å². The van der Waals surface area contributed by atoms with E-state index in [4.69, 9.17) is 5.73 Å². The van der Waals surface area contributed by atoms with E-state index in [0.29, 0.717) is 13.0 Å². The molecule has 4 heteroatoms. The summed E-state index contributed by atoms with van der Waals surface area (Å²) in [5.74, 6) is 0.792. The van der Waals surface area contributed by atoms with Gasteiger partial charge in [0.1, 0.15) is 5.82 Å². The van der Waals surface area contributed by atoms with Gasteiger partial charge in [0.05, 0.1) is 0 Å². The number of nitrogens with two attached hydrogens (primary N) is 1. The van der Waals surface area contributed by atoms with Crippen molar-refractivity contribution in [2.75, 3.05) is 6.54 Å². The summed E-state index contributed by atoms with van der Waals surface area (Å²) < 4.78 is 0. The van der Waals surface area contributed by atoms with Crippen LogP contribution in [-0.4, -0.2) is 21.5 Å². The summed E-state index contributed by atoms with van der Waals surface area (Å²) >= 11 is 0. The van der Waals surface area contributed by atoms with Gasteiger partial charge in [-0.1, -0.05) is 0 Å². The average Bonchev–Trinajstić information content (AvgIpc) is 2.77. The number of fused-ring (bicyclic) bond motifs is 3. The third-order valence-corrected chi connectivity index (χ3v) is 3.11. The van der Waals surface area contributed by atoms with Crippen molar-refractivity contribution in [3.8, 4) is 0 Å². The molecule has 3 rings (SSSR count). The summed E-state index contributed by atoms with van der Waals surface area (Å²) in [7, 11) is 0. The Bertz CT molecular complexity index is 536. The first kappa shape index (κ1) is 9.66. The first-order valence-corrected chi connectivity index (χ1v) is 5.71. The minimum Gasteiger partial charge on any atom is -0.330 e. The largest absolute Gasteiger partial charge is 0.330 e. The summed E-state index contributed by atoms with van der Waals surface area (Å²) in [5, 5.41) is 1.12. The first-order chi connectivity index (χ1) is 7.88. The maximum atomic E-state index is 5.49. The van der Waals surface area contributed by atoms with Gasteiger partial charge in [0, 0.05) is 24.2 Å². The normalized spacial score (nSPS) is 14.3. The van der Waals surface area contributed by atoms with Crippen LogP contribution in [-0.2, 0) is 19.3 Å². The third-order valence-electron chi connectivity index (χ3n) is 3.11. The molecule has 0 aromatic carbocycles. The molecule has 2 N–H and O–H groups in total. The number of aryl methyl sites for hydroxylation is 2. The lowest BCUT2D eigenvalue weighted by molar-refractivity contribution is 0.874. The van der Waals surface area contributed by atoms with Gasteiger partial charge in [0.15, 0.2) is 5.65 Å². The Morgan fingerprint density at radius 1 is 1.19 bits per heavy atom. The number of hydrogen-bond acceptors (Lipinski definition) is 4. The zero-order chi connectivity index (χ0) is 11.0. The van der Waals surface area contributed by atoms with Gasteiger partial charge in [-0.05, 0) is 36.9 Å². The highest BCUT2D eigenvalue weighted by Crippen LogP contribution is 2.26. The fourth-order valence-corrected chi connectivity index (χ4v) is 2.33. The fraction of sp³-hybridized carbons (Fsp3) is 0.417. The molecule has 0 bridgehead atoms. The van der Waals surface area contributed by atoms with E-state index < -0.39 is 0 Å². The molecule has 0 atom stereocenters. The lowest BCUT2D eigenvalue weighted by Gasteiger charge is -2.04. The molecule has 0 radical (unpaired) electrons. The van der Waals surface area contributed by atoms with E-state index >= 15 is 0 Å². The van der Waals surface area contributed by atoms with Crippen molar-refractivity contribution in [3.63, 3.8) is 0 Å². The van der Waals surface area contributed by atoms with Crippen LogP contribution in [0.5, 0.6) is 0 Å². The van der Waals surface area contributed by atoms with E-state index in [9.17, 15) is 0 Å². The van der Waals surface area contributed by atoms with Crippen LogP contribution in [0.15, 0.2) is 12.4 Å². The molecule has 16 heavy (non-hydrogen) atoms. The number of pyridine rings is 1. The summed E-state index contributed by atoms with van der Waals surface area (Å²) in [6, 6.07) is 0. The van der Waals surface area contributed by atoms with Crippen molar-refractivity contribution in [1.82, 2.24) is 15.0 Å². The molecule has 0 saturated carbocycles. The Morgan fingerprint density at radius 3 is 3.00 bits per heavy atom. The van der Waals surface area contributed by atoms with Gasteiger partial charge in [0.2, 0.25) is 0 Å². The number of aromatic nitrogens is 3. The van der Waals surface area contributed by atoms with Crippen LogP contribution in [0, 0.1) is 0 Å². The molecule has 0 aliphatic heterocycles. The number of hydrogen-bond donors (Lipinski definition) is 1. The Labute approximate surface area is 93.9 Å². The van der Waals surface area contributed by atoms with Crippen LogP contribution in [0.2, 0.25) is 0 Å². The molecule has 0 saturated heterocycles. The smallest absolute Gasteiger partial charge is 0.163 e. The Morgan fingerprint density at radius 2 is 2.12 bits per heavy atom. The minimum atomic E-state index is 0.580. The molecular formula is C12H14N4. The Balaban J connectivity index is 2.16. The highest BCUT2D eigenvalue weighted by molar-refractivity contribution is 5.79. The second-order valence-corrected chi connectivity index (χ2v) is 4.18. The van der Waals surface area contributed by atoms with Gasteiger partial charge in [-0.2, -0.15) is 0 Å². The molecule has 0 unspecified atom stereocenters. The highest BCUT2D eigenvalue weighted by atomic mass is 14.9. The molecule has 82 valence electrons. The molecule has 4 nitrogen and oxygen atoms in total. The second-order valence-electron chi connectivity index (χ2n) is 4.18. The lowest BCUT2D eigenvalue weighted by Crippen LogP contribution is -2.07. The van der Waals surface area contributed by atoms with Crippen LogP contribution < -0.4 is 5.73 Å². The topological polar surface area (TPSA) is 64.7 Å². The maximum absolute atomic E-state index is 5.49. The van der Waals surface area contributed by atoms with Gasteiger partial charge in [0.25, 0.3) is 0 Å². The van der Waals surface area contributed by atoms with Crippen molar-refractivity contribution < 1.29 is 0 Å². The molecule has 1 aliphatic rings. The zero-order valence-corrected chi connectivity index (χ0v) is 9.11. The molecule has 0 fully saturated rings. The Kier molecular flexibility index (Phi) is 2.29. The molecule has 2 heterocycles. The van der Waals surface area contributed by atoms with Crippen molar-refractivity contribution in [1.29, 1.82) is 0 Å². The minimum absolute atomic E-state index is 0.580. The number of nitrogens with zero attached hydrogens (tertiary/aromatic N) is 3. The van der Waals surface area contributed by atoms with Crippen molar-refractivity contribution in [2.45, 2.75) is 25.7 Å². The first-order valence-electron chi connectivity index (χ1n) is 5.71. The molecule has 0 amide bonds. The molecular weight excluding hydrogens is 200 g/mol. The molecule has 1 aliphatic carbocycles. The van der Waals surface area contributed by atoms with Crippen LogP contribution in [0.25, 0.3) is 11.0 Å². The maximum Gasteiger partial charge on any atom is 0.163 e. The van der Waals surface area contributed by atoms with Crippen LogP contribution in [0.3, 0.4) is 0 Å². The quantitative estimate of drug-likeness (QED) is 0.810. The predicted molar refractivity (Wildman–Crippen MR) is 62.1 cm³/mol. The summed E-state index contributed by atoms with van der Waals surface area (Å²) in [6.07, 6.45) is 8.08. The molecule has 2 aromatic rings. The predicted octanol–water partition coefficient (Wildman–Crippen LogP) is 1.01. The molecule has 2 aromatic heterocycles. The summed E-state index contributed by atoms with van der Waals surface area (Å²) in [6.45, 7) is 0.580. The SMILES string of the molecule is NCCc1ncc2c3c(cnc2n1)CCC3. The van der Waals surface area contributed by atoms with Gasteiger partial charge in [-0.3, -0.25) is 0 Å². The van der Waals surface area contributed by atoms with Gasteiger partial charge in [-0.15, -0.1) is 0 Å². The lowest BCUT2D eigenvalue weighted by atomic mass is 10.1. The van der Waals surface area contributed by atoms with E-state index in [2.05, 4.69) is 15.0 Å². The van der Waals surface area contributed by atoms with E-state index in [1.165, 1.54) is 17.5 Å². The summed E-state index contributed by atoms with van der Waals surface area (Å²) in [5.41, 5.74) is 9.07.